The number of carboxylic acids is 1. The van der Waals surface area contributed by atoms with E-state index in [2.05, 4.69) is 10.4 Å². The molecular formula is C16H18ClN3O3. The Hall–Kier alpha value is -2.34. The quantitative estimate of drug-likeness (QED) is 0.879. The maximum Gasteiger partial charge on any atom is 0.326 e. The van der Waals surface area contributed by atoms with Crippen LogP contribution in [0.4, 0.5) is 0 Å². The summed E-state index contributed by atoms with van der Waals surface area (Å²) in [6.45, 7) is 5.22. The number of rotatable bonds is 5. The molecule has 1 amide bonds. The van der Waals surface area contributed by atoms with Crippen molar-refractivity contribution in [1.82, 2.24) is 15.1 Å². The Balaban J connectivity index is 2.28. The summed E-state index contributed by atoms with van der Waals surface area (Å²) in [5, 5.41) is 16.5. The van der Waals surface area contributed by atoms with Crippen LogP contribution in [-0.4, -0.2) is 32.8 Å². The molecule has 0 radical (unpaired) electrons. The third kappa shape index (κ3) is 3.71. The van der Waals surface area contributed by atoms with Crippen LogP contribution < -0.4 is 5.32 Å². The third-order valence-electron chi connectivity index (χ3n) is 3.53. The summed E-state index contributed by atoms with van der Waals surface area (Å²) in [7, 11) is 0. The monoisotopic (exact) mass is 335 g/mol. The highest BCUT2D eigenvalue weighted by Gasteiger charge is 2.25. The van der Waals surface area contributed by atoms with Gasteiger partial charge in [0, 0.05) is 5.02 Å². The highest BCUT2D eigenvalue weighted by molar-refractivity contribution is 6.30. The minimum atomic E-state index is -1.06. The second kappa shape index (κ2) is 6.83. The minimum Gasteiger partial charge on any atom is -0.480 e. The summed E-state index contributed by atoms with van der Waals surface area (Å²) in [5.41, 5.74) is 1.67. The van der Waals surface area contributed by atoms with Crippen molar-refractivity contribution in [2.24, 2.45) is 5.92 Å². The van der Waals surface area contributed by atoms with Gasteiger partial charge >= 0.3 is 5.97 Å². The van der Waals surface area contributed by atoms with Crippen molar-refractivity contribution in [3.05, 3.63) is 46.7 Å². The number of hydrogen-bond donors (Lipinski definition) is 2. The lowest BCUT2D eigenvalue weighted by Gasteiger charge is -2.17. The van der Waals surface area contributed by atoms with Gasteiger partial charge in [-0.25, -0.2) is 9.48 Å². The Morgan fingerprint density at radius 1 is 1.35 bits per heavy atom. The van der Waals surface area contributed by atoms with Crippen molar-refractivity contribution in [3.8, 4) is 5.69 Å². The van der Waals surface area contributed by atoms with Gasteiger partial charge in [0.15, 0.2) is 0 Å². The Morgan fingerprint density at radius 2 is 2.04 bits per heavy atom. The zero-order valence-electron chi connectivity index (χ0n) is 13.1. The van der Waals surface area contributed by atoms with E-state index < -0.39 is 17.9 Å². The predicted octanol–water partition coefficient (Wildman–Crippen LogP) is 2.67. The highest BCUT2D eigenvalue weighted by atomic mass is 35.5. The molecule has 1 atom stereocenters. The molecule has 1 heterocycles. The van der Waals surface area contributed by atoms with E-state index in [0.29, 0.717) is 16.3 Å². The average Bonchev–Trinajstić information content (AvgIpc) is 2.85. The number of carboxylic acid groups (broad SMARTS) is 1. The Bertz CT molecular complexity index is 740. The van der Waals surface area contributed by atoms with Crippen molar-refractivity contribution < 1.29 is 14.7 Å². The summed E-state index contributed by atoms with van der Waals surface area (Å²) in [6.07, 6.45) is 1.42. The van der Waals surface area contributed by atoms with Crippen molar-refractivity contribution in [2.45, 2.75) is 26.8 Å². The van der Waals surface area contributed by atoms with Crippen LogP contribution in [0.5, 0.6) is 0 Å². The first-order valence-corrected chi connectivity index (χ1v) is 7.53. The van der Waals surface area contributed by atoms with Gasteiger partial charge in [0.1, 0.15) is 6.04 Å². The van der Waals surface area contributed by atoms with E-state index in [0.717, 1.165) is 5.69 Å². The van der Waals surface area contributed by atoms with Crippen LogP contribution in [0.2, 0.25) is 5.02 Å². The van der Waals surface area contributed by atoms with Gasteiger partial charge in [-0.1, -0.05) is 31.5 Å². The SMILES string of the molecule is Cc1c(C(=O)N[C@@H](C(=O)O)C(C)C)cnn1-c1cccc(Cl)c1. The fourth-order valence-corrected chi connectivity index (χ4v) is 2.42. The molecule has 23 heavy (non-hydrogen) atoms. The summed E-state index contributed by atoms with van der Waals surface area (Å²) in [6, 6.07) is 6.14. The van der Waals surface area contributed by atoms with E-state index in [-0.39, 0.29) is 5.92 Å². The molecule has 0 spiro atoms. The van der Waals surface area contributed by atoms with Crippen molar-refractivity contribution in [1.29, 1.82) is 0 Å². The number of carbonyl (C=O) groups excluding carboxylic acids is 1. The molecule has 0 aliphatic heterocycles. The summed E-state index contributed by atoms with van der Waals surface area (Å²) < 4.78 is 1.59. The lowest BCUT2D eigenvalue weighted by molar-refractivity contribution is -0.140. The zero-order valence-corrected chi connectivity index (χ0v) is 13.8. The van der Waals surface area contributed by atoms with Crippen LogP contribution in [-0.2, 0) is 4.79 Å². The van der Waals surface area contributed by atoms with Gasteiger partial charge in [-0.15, -0.1) is 0 Å². The molecule has 0 fully saturated rings. The Labute approximate surface area is 139 Å². The summed E-state index contributed by atoms with van der Waals surface area (Å²) in [4.78, 5) is 23.5. The molecular weight excluding hydrogens is 318 g/mol. The summed E-state index contributed by atoms with van der Waals surface area (Å²) in [5.74, 6) is -1.75. The van der Waals surface area contributed by atoms with Gasteiger partial charge < -0.3 is 10.4 Å². The number of aliphatic carboxylic acids is 1. The van der Waals surface area contributed by atoms with E-state index >= 15 is 0 Å². The number of hydrogen-bond acceptors (Lipinski definition) is 3. The number of benzene rings is 1. The first-order chi connectivity index (χ1) is 10.8. The zero-order chi connectivity index (χ0) is 17.1. The molecule has 0 aliphatic rings. The van der Waals surface area contributed by atoms with Gasteiger partial charge in [0.2, 0.25) is 0 Å². The molecule has 0 unspecified atom stereocenters. The maximum absolute atomic E-state index is 12.3. The van der Waals surface area contributed by atoms with Crippen LogP contribution in [0.25, 0.3) is 5.69 Å². The molecule has 2 aromatic rings. The highest BCUT2D eigenvalue weighted by Crippen LogP contribution is 2.18. The molecule has 2 N–H and O–H groups in total. The molecule has 7 heteroatoms. The fourth-order valence-electron chi connectivity index (χ4n) is 2.23. The number of nitrogens with zero attached hydrogens (tertiary/aromatic N) is 2. The number of carbonyl (C=O) groups is 2. The smallest absolute Gasteiger partial charge is 0.326 e. The van der Waals surface area contributed by atoms with Crippen LogP contribution in [0, 0.1) is 12.8 Å². The van der Waals surface area contributed by atoms with Crippen LogP contribution in [0.15, 0.2) is 30.5 Å². The molecule has 122 valence electrons. The molecule has 1 aromatic carbocycles. The van der Waals surface area contributed by atoms with Gasteiger partial charge in [-0.3, -0.25) is 4.79 Å². The number of nitrogens with one attached hydrogen (secondary N) is 1. The molecule has 2 rings (SSSR count). The van der Waals surface area contributed by atoms with Crippen molar-refractivity contribution in [2.75, 3.05) is 0 Å². The second-order valence-corrected chi connectivity index (χ2v) is 6.01. The molecule has 0 bridgehead atoms. The molecule has 6 nitrogen and oxygen atoms in total. The predicted molar refractivity (Wildman–Crippen MR) is 87.0 cm³/mol. The molecule has 1 aromatic heterocycles. The number of amides is 1. The van der Waals surface area contributed by atoms with E-state index in [1.807, 2.05) is 6.07 Å². The van der Waals surface area contributed by atoms with E-state index in [4.69, 9.17) is 11.6 Å². The van der Waals surface area contributed by atoms with E-state index in [1.54, 1.807) is 43.7 Å². The van der Waals surface area contributed by atoms with Crippen LogP contribution in [0.3, 0.4) is 0 Å². The van der Waals surface area contributed by atoms with E-state index in [9.17, 15) is 14.7 Å². The molecule has 0 saturated heterocycles. The lowest BCUT2D eigenvalue weighted by Crippen LogP contribution is -2.44. The van der Waals surface area contributed by atoms with Crippen LogP contribution >= 0.6 is 11.6 Å². The first kappa shape index (κ1) is 17.0. The van der Waals surface area contributed by atoms with Gasteiger partial charge in [0.25, 0.3) is 5.91 Å². The van der Waals surface area contributed by atoms with Gasteiger partial charge in [-0.2, -0.15) is 5.10 Å². The topological polar surface area (TPSA) is 84.2 Å². The first-order valence-electron chi connectivity index (χ1n) is 7.15. The molecule has 0 aliphatic carbocycles. The number of aromatic nitrogens is 2. The minimum absolute atomic E-state index is 0.222. The average molecular weight is 336 g/mol. The van der Waals surface area contributed by atoms with Gasteiger partial charge in [0.05, 0.1) is 23.1 Å². The van der Waals surface area contributed by atoms with Crippen molar-refractivity contribution in [3.63, 3.8) is 0 Å². The maximum atomic E-state index is 12.3. The Morgan fingerprint density at radius 3 is 2.61 bits per heavy atom. The fraction of sp³-hybridized carbons (Fsp3) is 0.312. The van der Waals surface area contributed by atoms with E-state index in [1.165, 1.54) is 6.20 Å². The van der Waals surface area contributed by atoms with Gasteiger partial charge in [-0.05, 0) is 31.0 Å². The molecule has 0 saturated carbocycles. The summed E-state index contributed by atoms with van der Waals surface area (Å²) >= 11 is 5.97. The Kier molecular flexibility index (Phi) is 5.05. The third-order valence-corrected chi connectivity index (χ3v) is 3.76. The van der Waals surface area contributed by atoms with Crippen molar-refractivity contribution >= 4 is 23.5 Å². The lowest BCUT2D eigenvalue weighted by atomic mass is 10.0. The normalized spacial score (nSPS) is 12.2. The van der Waals surface area contributed by atoms with Crippen LogP contribution in [0.1, 0.15) is 29.9 Å². The largest absolute Gasteiger partial charge is 0.480 e. The second-order valence-electron chi connectivity index (χ2n) is 5.57. The number of halogens is 1. The standard InChI is InChI=1S/C16H18ClN3O3/c1-9(2)14(16(22)23)19-15(21)13-8-18-20(10(13)3)12-6-4-5-11(17)7-12/h4-9,14H,1-3H3,(H,19,21)(H,22,23)/t14-/m1/s1.